The number of ketones is 2. The van der Waals surface area contributed by atoms with Gasteiger partial charge in [0.1, 0.15) is 11.4 Å². The molecule has 1 aromatic heterocycles. The summed E-state index contributed by atoms with van der Waals surface area (Å²) in [5.41, 5.74) is 1.16. The van der Waals surface area contributed by atoms with Gasteiger partial charge in [-0.3, -0.25) is 14.3 Å². The molecule has 106 valence electrons. The van der Waals surface area contributed by atoms with Crippen LogP contribution in [0.2, 0.25) is 0 Å². The molecule has 0 atom stereocenters. The van der Waals surface area contributed by atoms with Crippen LogP contribution in [0.4, 0.5) is 0 Å². The monoisotopic (exact) mass is 274 g/mol. The van der Waals surface area contributed by atoms with E-state index in [1.54, 1.807) is 23.9 Å². The summed E-state index contributed by atoms with van der Waals surface area (Å²) in [5, 5.41) is 5.07. The number of hydrogen-bond acceptors (Lipinski definition) is 4. The third kappa shape index (κ3) is 2.57. The van der Waals surface area contributed by atoms with Crippen molar-refractivity contribution in [3.63, 3.8) is 0 Å². The van der Waals surface area contributed by atoms with Gasteiger partial charge in [0.05, 0.1) is 19.2 Å². The van der Waals surface area contributed by atoms with Crippen LogP contribution < -0.4 is 4.74 Å². The van der Waals surface area contributed by atoms with E-state index in [9.17, 15) is 9.59 Å². The number of ether oxygens (including phenoxy) is 1. The van der Waals surface area contributed by atoms with Crippen molar-refractivity contribution in [3.8, 4) is 5.75 Å². The van der Waals surface area contributed by atoms with Gasteiger partial charge in [-0.2, -0.15) is 5.10 Å². The van der Waals surface area contributed by atoms with Crippen molar-refractivity contribution in [2.75, 3.05) is 7.11 Å². The number of carbonyl (C=O) groups is 2. The van der Waals surface area contributed by atoms with Gasteiger partial charge in [-0.05, 0) is 19.1 Å². The van der Waals surface area contributed by atoms with E-state index in [2.05, 4.69) is 5.10 Å². The molecule has 0 aliphatic rings. The lowest BCUT2D eigenvalue weighted by atomic mass is 10.0. The minimum absolute atomic E-state index is 0.0132. The number of carbonyl (C=O) groups excluding carboxylic acids is 2. The fourth-order valence-electron chi connectivity index (χ4n) is 2.07. The number of benzene rings is 1. The molecule has 0 saturated heterocycles. The molecule has 2 rings (SSSR count). The van der Waals surface area contributed by atoms with Crippen LogP contribution in [0, 0.1) is 5.92 Å². The summed E-state index contributed by atoms with van der Waals surface area (Å²) < 4.78 is 6.75. The second-order valence-corrected chi connectivity index (χ2v) is 5.11. The Morgan fingerprint density at radius 3 is 2.60 bits per heavy atom. The molecule has 5 heteroatoms. The van der Waals surface area contributed by atoms with E-state index < -0.39 is 0 Å². The topological polar surface area (TPSA) is 61.2 Å². The quantitative estimate of drug-likeness (QED) is 0.786. The Morgan fingerprint density at radius 1 is 1.35 bits per heavy atom. The van der Waals surface area contributed by atoms with E-state index in [-0.39, 0.29) is 24.0 Å². The highest BCUT2D eigenvalue weighted by atomic mass is 16.5. The first-order chi connectivity index (χ1) is 9.43. The molecule has 0 aliphatic heterocycles. The molecule has 20 heavy (non-hydrogen) atoms. The van der Waals surface area contributed by atoms with Crippen LogP contribution in [-0.2, 0) is 11.3 Å². The second-order valence-electron chi connectivity index (χ2n) is 5.11. The third-order valence-corrected chi connectivity index (χ3v) is 3.09. The molecule has 0 unspecified atom stereocenters. The predicted molar refractivity (Wildman–Crippen MR) is 76.1 cm³/mol. The zero-order valence-corrected chi connectivity index (χ0v) is 12.1. The zero-order chi connectivity index (χ0) is 14.9. The van der Waals surface area contributed by atoms with Gasteiger partial charge in [0.15, 0.2) is 11.6 Å². The number of methoxy groups -OCH3 is 1. The Kier molecular flexibility index (Phi) is 3.88. The minimum atomic E-state index is -0.138. The smallest absolute Gasteiger partial charge is 0.186 e. The van der Waals surface area contributed by atoms with Gasteiger partial charge < -0.3 is 4.74 Å². The Balaban J connectivity index is 2.65. The minimum Gasteiger partial charge on any atom is -0.497 e. The summed E-state index contributed by atoms with van der Waals surface area (Å²) >= 11 is 0. The summed E-state index contributed by atoms with van der Waals surface area (Å²) in [4.78, 5) is 23.6. The number of fused-ring (bicyclic) bond motifs is 1. The summed E-state index contributed by atoms with van der Waals surface area (Å²) in [5.74, 6) is 0.495. The number of Topliss-reactive ketones (excluding diaryl/α,β-unsaturated/α-hetero) is 2. The molecule has 1 aromatic carbocycles. The molecule has 0 radical (unpaired) electrons. The highest BCUT2D eigenvalue weighted by molar-refractivity contribution is 6.07. The van der Waals surface area contributed by atoms with Gasteiger partial charge in [0.25, 0.3) is 0 Å². The zero-order valence-electron chi connectivity index (χ0n) is 12.1. The molecule has 0 amide bonds. The lowest BCUT2D eigenvalue weighted by molar-refractivity contribution is -0.117. The molecule has 0 aliphatic carbocycles. The summed E-state index contributed by atoms with van der Waals surface area (Å²) in [6, 6.07) is 5.40. The molecule has 0 bridgehead atoms. The van der Waals surface area contributed by atoms with E-state index in [0.717, 1.165) is 10.9 Å². The SMILES string of the molecule is COc1ccc2c(C(=O)C(C)C)nn(CC(C)=O)c2c1. The molecule has 1 heterocycles. The largest absolute Gasteiger partial charge is 0.497 e. The van der Waals surface area contributed by atoms with Crippen LogP contribution in [0.1, 0.15) is 31.3 Å². The molecular formula is C15H18N2O3. The Hall–Kier alpha value is -2.17. The average molecular weight is 274 g/mol. The van der Waals surface area contributed by atoms with E-state index in [1.807, 2.05) is 19.9 Å². The van der Waals surface area contributed by atoms with Crippen molar-refractivity contribution < 1.29 is 14.3 Å². The molecule has 0 N–H and O–H groups in total. The number of aromatic nitrogens is 2. The third-order valence-electron chi connectivity index (χ3n) is 3.09. The Labute approximate surface area is 117 Å². The second kappa shape index (κ2) is 5.45. The fourth-order valence-corrected chi connectivity index (χ4v) is 2.07. The lowest BCUT2D eigenvalue weighted by Gasteiger charge is -2.02. The van der Waals surface area contributed by atoms with Crippen molar-refractivity contribution in [1.82, 2.24) is 9.78 Å². The lowest BCUT2D eigenvalue weighted by Crippen LogP contribution is -2.11. The standard InChI is InChI=1S/C15H18N2O3/c1-9(2)15(19)14-12-6-5-11(20-4)7-13(12)17(16-14)8-10(3)18/h5-7,9H,8H2,1-4H3. The van der Waals surface area contributed by atoms with E-state index in [4.69, 9.17) is 4.74 Å². The first kappa shape index (κ1) is 14.2. The van der Waals surface area contributed by atoms with Gasteiger partial charge >= 0.3 is 0 Å². The number of rotatable bonds is 5. The number of nitrogens with zero attached hydrogens (tertiary/aromatic N) is 2. The summed E-state index contributed by atoms with van der Waals surface area (Å²) in [6.07, 6.45) is 0. The Bertz CT molecular complexity index is 671. The Morgan fingerprint density at radius 2 is 2.05 bits per heavy atom. The van der Waals surface area contributed by atoms with Crippen LogP contribution in [0.5, 0.6) is 5.75 Å². The van der Waals surface area contributed by atoms with Crippen LogP contribution in [0.25, 0.3) is 10.9 Å². The van der Waals surface area contributed by atoms with E-state index in [1.165, 1.54) is 6.92 Å². The van der Waals surface area contributed by atoms with Gasteiger partial charge in [-0.15, -0.1) is 0 Å². The summed E-state index contributed by atoms with van der Waals surface area (Å²) in [7, 11) is 1.58. The maximum atomic E-state index is 12.2. The molecule has 2 aromatic rings. The van der Waals surface area contributed by atoms with Gasteiger partial charge in [-0.25, -0.2) is 0 Å². The molecule has 0 saturated carbocycles. The van der Waals surface area contributed by atoms with Crippen LogP contribution in [0.3, 0.4) is 0 Å². The van der Waals surface area contributed by atoms with Crippen LogP contribution in [0.15, 0.2) is 18.2 Å². The molecule has 0 spiro atoms. The van der Waals surface area contributed by atoms with Gasteiger partial charge in [0, 0.05) is 17.4 Å². The van der Waals surface area contributed by atoms with Crippen molar-refractivity contribution in [2.24, 2.45) is 5.92 Å². The molecule has 5 nitrogen and oxygen atoms in total. The van der Waals surface area contributed by atoms with Crippen molar-refractivity contribution in [3.05, 3.63) is 23.9 Å². The van der Waals surface area contributed by atoms with E-state index >= 15 is 0 Å². The van der Waals surface area contributed by atoms with Crippen LogP contribution >= 0.6 is 0 Å². The highest BCUT2D eigenvalue weighted by Gasteiger charge is 2.20. The molecule has 0 fully saturated rings. The molecular weight excluding hydrogens is 256 g/mol. The van der Waals surface area contributed by atoms with Crippen molar-refractivity contribution in [1.29, 1.82) is 0 Å². The van der Waals surface area contributed by atoms with Gasteiger partial charge in [0.2, 0.25) is 0 Å². The van der Waals surface area contributed by atoms with E-state index in [0.29, 0.717) is 11.4 Å². The summed E-state index contributed by atoms with van der Waals surface area (Å²) in [6.45, 7) is 5.32. The van der Waals surface area contributed by atoms with Crippen molar-refractivity contribution >= 4 is 22.5 Å². The average Bonchev–Trinajstić information content (AvgIpc) is 2.75. The maximum Gasteiger partial charge on any atom is 0.186 e. The normalized spacial score (nSPS) is 11.1. The van der Waals surface area contributed by atoms with Gasteiger partial charge in [-0.1, -0.05) is 13.8 Å². The van der Waals surface area contributed by atoms with Crippen LogP contribution in [-0.4, -0.2) is 28.5 Å². The predicted octanol–water partition coefficient (Wildman–Crippen LogP) is 2.47. The first-order valence-corrected chi connectivity index (χ1v) is 6.52. The highest BCUT2D eigenvalue weighted by Crippen LogP contribution is 2.25. The fraction of sp³-hybridized carbons (Fsp3) is 0.400. The number of hydrogen-bond donors (Lipinski definition) is 0. The van der Waals surface area contributed by atoms with Crippen molar-refractivity contribution in [2.45, 2.75) is 27.3 Å². The maximum absolute atomic E-state index is 12.2. The first-order valence-electron chi connectivity index (χ1n) is 6.52.